The monoisotopic (exact) mass is 376 g/mol. The summed E-state index contributed by atoms with van der Waals surface area (Å²) in [5.74, 6) is -0.568. The van der Waals surface area contributed by atoms with E-state index in [1.165, 1.54) is 14.2 Å². The van der Waals surface area contributed by atoms with Crippen molar-refractivity contribution in [1.29, 1.82) is 0 Å². The van der Waals surface area contributed by atoms with Crippen molar-refractivity contribution >= 4 is 11.8 Å². The average molecular weight is 376 g/mol. The molecule has 0 N–H and O–H groups in total. The Bertz CT molecular complexity index is 597. The number of hydrogen-bond acceptors (Lipinski definition) is 5. The van der Waals surface area contributed by atoms with E-state index in [4.69, 9.17) is 14.2 Å². The molecule has 1 unspecified atom stereocenters. The van der Waals surface area contributed by atoms with Crippen LogP contribution in [-0.4, -0.2) is 32.6 Å². The summed E-state index contributed by atoms with van der Waals surface area (Å²) in [6.07, 6.45) is 7.96. The van der Waals surface area contributed by atoms with Crippen molar-refractivity contribution in [3.8, 4) is 11.5 Å². The highest BCUT2D eigenvalue weighted by Gasteiger charge is 2.40. The van der Waals surface area contributed by atoms with Gasteiger partial charge in [0.05, 0.1) is 20.8 Å². The van der Waals surface area contributed by atoms with E-state index in [2.05, 4.69) is 6.92 Å². The number of ketones is 1. The molecule has 1 aliphatic carbocycles. The number of hydrogen-bond donors (Lipinski definition) is 0. The highest BCUT2D eigenvalue weighted by atomic mass is 16.5. The fourth-order valence-electron chi connectivity index (χ4n) is 3.85. The van der Waals surface area contributed by atoms with Crippen LogP contribution in [-0.2, 0) is 9.53 Å². The van der Waals surface area contributed by atoms with E-state index in [0.29, 0.717) is 23.7 Å². The number of methoxy groups -OCH3 is 2. The standard InChI is InChI=1S/C22H32O5/c1-4-5-6-9-15-27-22(24)19(16-11-7-8-12-16)21(23)20-17(25-2)13-10-14-18(20)26-3/h10,13-14,16,19H,4-9,11-12,15H2,1-3H3. The van der Waals surface area contributed by atoms with Crippen LogP contribution < -0.4 is 9.47 Å². The molecule has 0 aromatic heterocycles. The Morgan fingerprint density at radius 1 is 1.04 bits per heavy atom. The van der Waals surface area contributed by atoms with Crippen LogP contribution in [0, 0.1) is 11.8 Å². The molecule has 1 saturated carbocycles. The number of esters is 1. The van der Waals surface area contributed by atoms with Gasteiger partial charge in [0.2, 0.25) is 0 Å². The second-order valence-corrected chi connectivity index (χ2v) is 7.15. The van der Waals surface area contributed by atoms with Crippen LogP contribution in [0.2, 0.25) is 0 Å². The minimum Gasteiger partial charge on any atom is -0.496 e. The van der Waals surface area contributed by atoms with Crippen molar-refractivity contribution in [3.63, 3.8) is 0 Å². The van der Waals surface area contributed by atoms with Gasteiger partial charge in [0.1, 0.15) is 23.0 Å². The molecular formula is C22H32O5. The lowest BCUT2D eigenvalue weighted by Gasteiger charge is -2.22. The molecule has 0 spiro atoms. The predicted molar refractivity (Wildman–Crippen MR) is 104 cm³/mol. The Balaban J connectivity index is 2.21. The van der Waals surface area contributed by atoms with Crippen molar-refractivity contribution in [2.75, 3.05) is 20.8 Å². The summed E-state index contributed by atoms with van der Waals surface area (Å²) in [6, 6.07) is 5.21. The van der Waals surface area contributed by atoms with Crippen LogP contribution in [0.25, 0.3) is 0 Å². The molecule has 1 fully saturated rings. The molecule has 5 heteroatoms. The minimum atomic E-state index is -0.788. The van der Waals surface area contributed by atoms with E-state index in [9.17, 15) is 9.59 Å². The van der Waals surface area contributed by atoms with E-state index in [1.807, 2.05) is 0 Å². The highest BCUT2D eigenvalue weighted by molar-refractivity contribution is 6.12. The number of Topliss-reactive ketones (excluding diaryl/α,β-unsaturated/α-hetero) is 1. The molecule has 0 saturated heterocycles. The Morgan fingerprint density at radius 3 is 2.22 bits per heavy atom. The maximum atomic E-state index is 13.4. The second-order valence-electron chi connectivity index (χ2n) is 7.15. The zero-order chi connectivity index (χ0) is 19.6. The summed E-state index contributed by atoms with van der Waals surface area (Å²) >= 11 is 0. The van der Waals surface area contributed by atoms with Gasteiger partial charge in [0, 0.05) is 0 Å². The molecule has 0 bridgehead atoms. The van der Waals surface area contributed by atoms with Crippen LogP contribution in [0.3, 0.4) is 0 Å². The Morgan fingerprint density at radius 2 is 1.67 bits per heavy atom. The molecule has 1 aromatic rings. The number of carbonyl (C=O) groups excluding carboxylic acids is 2. The summed E-state index contributed by atoms with van der Waals surface area (Å²) in [6.45, 7) is 2.51. The molecular weight excluding hydrogens is 344 g/mol. The van der Waals surface area contributed by atoms with Gasteiger partial charge in [-0.25, -0.2) is 0 Å². The van der Waals surface area contributed by atoms with Gasteiger partial charge in [-0.1, -0.05) is 45.1 Å². The van der Waals surface area contributed by atoms with Gasteiger partial charge in [0.15, 0.2) is 5.78 Å². The molecule has 2 rings (SSSR count). The first-order chi connectivity index (χ1) is 13.1. The normalized spacial score (nSPS) is 15.4. The third-order valence-corrected chi connectivity index (χ3v) is 5.32. The summed E-state index contributed by atoms with van der Waals surface area (Å²) in [5.41, 5.74) is 0.335. The maximum Gasteiger partial charge on any atom is 0.317 e. The van der Waals surface area contributed by atoms with Gasteiger partial charge in [-0.3, -0.25) is 9.59 Å². The first kappa shape index (κ1) is 21.3. The quantitative estimate of drug-likeness (QED) is 0.240. The Hall–Kier alpha value is -2.04. The van der Waals surface area contributed by atoms with Gasteiger partial charge in [-0.15, -0.1) is 0 Å². The molecule has 0 heterocycles. The molecule has 1 aliphatic rings. The number of carbonyl (C=O) groups is 2. The summed E-state index contributed by atoms with van der Waals surface area (Å²) in [4.78, 5) is 26.3. The van der Waals surface area contributed by atoms with Gasteiger partial charge in [0.25, 0.3) is 0 Å². The smallest absolute Gasteiger partial charge is 0.317 e. The fourth-order valence-corrected chi connectivity index (χ4v) is 3.85. The van der Waals surface area contributed by atoms with Crippen LogP contribution in [0.15, 0.2) is 18.2 Å². The van der Waals surface area contributed by atoms with Crippen LogP contribution >= 0.6 is 0 Å². The maximum absolute atomic E-state index is 13.4. The van der Waals surface area contributed by atoms with Gasteiger partial charge >= 0.3 is 5.97 Å². The first-order valence-corrected chi connectivity index (χ1v) is 10.1. The largest absolute Gasteiger partial charge is 0.496 e. The molecule has 0 amide bonds. The molecule has 27 heavy (non-hydrogen) atoms. The van der Waals surface area contributed by atoms with Gasteiger partial charge in [-0.05, 0) is 37.3 Å². The third kappa shape index (κ3) is 5.47. The van der Waals surface area contributed by atoms with Crippen molar-refractivity contribution in [1.82, 2.24) is 0 Å². The lowest BCUT2D eigenvalue weighted by Crippen LogP contribution is -2.33. The van der Waals surface area contributed by atoms with Crippen LogP contribution in [0.4, 0.5) is 0 Å². The van der Waals surface area contributed by atoms with E-state index in [1.54, 1.807) is 18.2 Å². The van der Waals surface area contributed by atoms with Crippen molar-refractivity contribution in [2.45, 2.75) is 58.3 Å². The average Bonchev–Trinajstić information content (AvgIpc) is 3.21. The van der Waals surface area contributed by atoms with Crippen LogP contribution in [0.5, 0.6) is 11.5 Å². The van der Waals surface area contributed by atoms with E-state index >= 15 is 0 Å². The number of benzene rings is 1. The number of rotatable bonds is 11. The Labute approximate surface area is 162 Å². The summed E-state index contributed by atoms with van der Waals surface area (Å²) in [7, 11) is 3.03. The number of ether oxygens (including phenoxy) is 3. The van der Waals surface area contributed by atoms with E-state index in [-0.39, 0.29) is 11.7 Å². The lowest BCUT2D eigenvalue weighted by molar-refractivity contribution is -0.148. The van der Waals surface area contributed by atoms with Crippen molar-refractivity contribution < 1.29 is 23.8 Å². The molecule has 5 nitrogen and oxygen atoms in total. The topological polar surface area (TPSA) is 61.8 Å². The summed E-state index contributed by atoms with van der Waals surface area (Å²) < 4.78 is 16.3. The summed E-state index contributed by atoms with van der Waals surface area (Å²) in [5, 5.41) is 0. The van der Waals surface area contributed by atoms with E-state index in [0.717, 1.165) is 51.4 Å². The van der Waals surface area contributed by atoms with Gasteiger partial charge in [-0.2, -0.15) is 0 Å². The molecule has 0 aliphatic heterocycles. The minimum absolute atomic E-state index is 0.0234. The Kier molecular flexibility index (Phi) is 8.62. The van der Waals surface area contributed by atoms with Crippen molar-refractivity contribution in [3.05, 3.63) is 23.8 Å². The van der Waals surface area contributed by atoms with E-state index < -0.39 is 11.9 Å². The fraction of sp³-hybridized carbons (Fsp3) is 0.636. The van der Waals surface area contributed by atoms with Crippen LogP contribution in [0.1, 0.15) is 68.6 Å². The van der Waals surface area contributed by atoms with Gasteiger partial charge < -0.3 is 14.2 Å². The zero-order valence-corrected chi connectivity index (χ0v) is 16.8. The second kappa shape index (κ2) is 11.0. The first-order valence-electron chi connectivity index (χ1n) is 10.1. The highest BCUT2D eigenvalue weighted by Crippen LogP contribution is 2.38. The molecule has 150 valence electrons. The molecule has 0 radical (unpaired) electrons. The third-order valence-electron chi connectivity index (χ3n) is 5.32. The number of unbranched alkanes of at least 4 members (excludes halogenated alkanes) is 3. The van der Waals surface area contributed by atoms with Crippen molar-refractivity contribution in [2.24, 2.45) is 11.8 Å². The molecule has 1 aromatic carbocycles. The predicted octanol–water partition coefficient (Wildman–Crippen LogP) is 4.82. The zero-order valence-electron chi connectivity index (χ0n) is 16.8. The lowest BCUT2D eigenvalue weighted by atomic mass is 9.84. The molecule has 1 atom stereocenters. The SMILES string of the molecule is CCCCCCOC(=O)C(C(=O)c1c(OC)cccc1OC)C1CCCC1.